The number of fused-ring (bicyclic) bond motifs is 1. The van der Waals surface area contributed by atoms with E-state index in [4.69, 9.17) is 9.47 Å². The number of carbonyl (C=O) groups excluding carboxylic acids is 2. The van der Waals surface area contributed by atoms with Gasteiger partial charge >= 0.3 is 11.9 Å². The summed E-state index contributed by atoms with van der Waals surface area (Å²) in [5.41, 5.74) is 3.62. The Bertz CT molecular complexity index is 1770. The third-order valence-corrected chi connectivity index (χ3v) is 7.26. The topological polar surface area (TPSA) is 87.0 Å². The predicted octanol–water partition coefficient (Wildman–Crippen LogP) is 4.33. The second kappa shape index (κ2) is 11.0. The number of thiazole rings is 1. The highest BCUT2D eigenvalue weighted by molar-refractivity contribution is 7.07. The van der Waals surface area contributed by atoms with Crippen molar-refractivity contribution in [1.29, 1.82) is 0 Å². The van der Waals surface area contributed by atoms with E-state index in [0.717, 1.165) is 16.7 Å². The molecular weight excluding hydrogens is 512 g/mol. The molecule has 0 fully saturated rings. The Kier molecular flexibility index (Phi) is 7.38. The first-order chi connectivity index (χ1) is 18.9. The van der Waals surface area contributed by atoms with Crippen LogP contribution in [0.4, 0.5) is 0 Å². The number of aryl methyl sites for hydroxylation is 1. The van der Waals surface area contributed by atoms with E-state index in [1.807, 2.05) is 49.4 Å². The lowest BCUT2D eigenvalue weighted by Crippen LogP contribution is -2.39. The van der Waals surface area contributed by atoms with E-state index in [-0.39, 0.29) is 12.2 Å². The largest absolute Gasteiger partial charge is 0.463 e. The number of carbonyl (C=O) groups is 2. The standard InChI is InChI=1S/C31H26N2O5S/c1-4-37-30(36)26-20(3)32-31-33(27(26)22-10-6-5-7-11-22)28(34)25(39-31)18-21-13-15-24(16-14-21)38-29(35)23-12-8-9-19(2)17-23/h5-18,27H,4H2,1-3H3/b25-18-/t27-/m0/s1. The van der Waals surface area contributed by atoms with Gasteiger partial charge in [0.05, 0.1) is 34.0 Å². The van der Waals surface area contributed by atoms with Crippen molar-refractivity contribution >= 4 is 29.4 Å². The molecule has 2 heterocycles. The number of esters is 2. The van der Waals surface area contributed by atoms with Crippen LogP contribution >= 0.6 is 11.3 Å². The average molecular weight is 539 g/mol. The third-order valence-electron chi connectivity index (χ3n) is 6.27. The molecule has 0 spiro atoms. The molecule has 7 nitrogen and oxygen atoms in total. The Morgan fingerprint density at radius 2 is 1.72 bits per heavy atom. The molecule has 0 amide bonds. The minimum Gasteiger partial charge on any atom is -0.463 e. The number of aromatic nitrogens is 1. The van der Waals surface area contributed by atoms with Gasteiger partial charge in [-0.2, -0.15) is 0 Å². The molecule has 196 valence electrons. The van der Waals surface area contributed by atoms with Gasteiger partial charge in [0.1, 0.15) is 5.75 Å². The number of allylic oxidation sites excluding steroid dienone is 1. The van der Waals surface area contributed by atoms with Crippen molar-refractivity contribution in [2.75, 3.05) is 6.61 Å². The van der Waals surface area contributed by atoms with Crippen LogP contribution in [-0.4, -0.2) is 23.1 Å². The number of nitrogens with zero attached hydrogens (tertiary/aromatic N) is 2. The third kappa shape index (κ3) is 5.37. The molecule has 0 N–H and O–H groups in total. The molecule has 1 aliphatic heterocycles. The van der Waals surface area contributed by atoms with Gasteiger partial charge < -0.3 is 9.47 Å². The molecule has 0 bridgehead atoms. The Hall–Kier alpha value is -4.56. The summed E-state index contributed by atoms with van der Waals surface area (Å²) in [5, 5.41) is 0. The van der Waals surface area contributed by atoms with Crippen LogP contribution in [0.5, 0.6) is 5.75 Å². The van der Waals surface area contributed by atoms with Crippen molar-refractivity contribution in [3.8, 4) is 5.75 Å². The first-order valence-electron chi connectivity index (χ1n) is 12.5. The van der Waals surface area contributed by atoms with Crippen LogP contribution in [0.2, 0.25) is 0 Å². The van der Waals surface area contributed by atoms with Crippen LogP contribution in [0.3, 0.4) is 0 Å². The summed E-state index contributed by atoms with van der Waals surface area (Å²) in [4.78, 5) is 44.2. The van der Waals surface area contributed by atoms with Crippen molar-refractivity contribution in [2.45, 2.75) is 26.8 Å². The van der Waals surface area contributed by atoms with E-state index in [2.05, 4.69) is 4.99 Å². The first-order valence-corrected chi connectivity index (χ1v) is 13.3. The number of ether oxygens (including phenoxy) is 2. The Labute approximate surface area is 229 Å². The van der Waals surface area contributed by atoms with Gasteiger partial charge in [-0.05, 0) is 62.2 Å². The molecule has 0 saturated carbocycles. The number of rotatable bonds is 6. The Morgan fingerprint density at radius 3 is 2.41 bits per heavy atom. The number of hydrogen-bond acceptors (Lipinski definition) is 7. The zero-order valence-electron chi connectivity index (χ0n) is 21.7. The molecule has 1 atom stereocenters. The molecule has 0 aliphatic carbocycles. The summed E-state index contributed by atoms with van der Waals surface area (Å²) in [6.45, 7) is 5.64. The van der Waals surface area contributed by atoms with Crippen molar-refractivity contribution in [3.05, 3.63) is 132 Å². The molecular formula is C31H26N2O5S. The zero-order chi connectivity index (χ0) is 27.5. The fourth-order valence-electron chi connectivity index (χ4n) is 4.46. The van der Waals surface area contributed by atoms with E-state index >= 15 is 0 Å². The summed E-state index contributed by atoms with van der Waals surface area (Å²) in [6.07, 6.45) is 1.77. The van der Waals surface area contributed by atoms with E-state index in [1.165, 1.54) is 11.3 Å². The van der Waals surface area contributed by atoms with Gasteiger partial charge in [-0.1, -0.05) is 71.5 Å². The lowest BCUT2D eigenvalue weighted by Gasteiger charge is -2.24. The molecule has 1 aromatic heterocycles. The van der Waals surface area contributed by atoms with Crippen LogP contribution in [0, 0.1) is 6.92 Å². The van der Waals surface area contributed by atoms with E-state index < -0.39 is 18.0 Å². The molecule has 1 aliphatic rings. The summed E-state index contributed by atoms with van der Waals surface area (Å²) in [5.74, 6) is -0.523. The van der Waals surface area contributed by atoms with Crippen LogP contribution in [0.1, 0.15) is 46.9 Å². The second-order valence-corrected chi connectivity index (χ2v) is 10.1. The molecule has 3 aromatic carbocycles. The van der Waals surface area contributed by atoms with Crippen molar-refractivity contribution in [2.24, 2.45) is 4.99 Å². The van der Waals surface area contributed by atoms with Crippen LogP contribution in [0.25, 0.3) is 6.08 Å². The Balaban J connectivity index is 1.49. The molecule has 4 aromatic rings. The highest BCUT2D eigenvalue weighted by Gasteiger charge is 2.33. The van der Waals surface area contributed by atoms with E-state index in [0.29, 0.717) is 31.9 Å². The zero-order valence-corrected chi connectivity index (χ0v) is 22.5. The minimum absolute atomic E-state index is 0.220. The molecule has 5 rings (SSSR count). The summed E-state index contributed by atoms with van der Waals surface area (Å²) >= 11 is 1.26. The van der Waals surface area contributed by atoms with Gasteiger partial charge in [-0.3, -0.25) is 9.36 Å². The maximum absolute atomic E-state index is 13.7. The molecule has 0 saturated heterocycles. The van der Waals surface area contributed by atoms with Crippen LogP contribution in [0.15, 0.2) is 99.9 Å². The van der Waals surface area contributed by atoms with Crippen molar-refractivity contribution in [3.63, 3.8) is 0 Å². The van der Waals surface area contributed by atoms with Crippen molar-refractivity contribution < 1.29 is 19.1 Å². The maximum Gasteiger partial charge on any atom is 0.343 e. The lowest BCUT2D eigenvalue weighted by molar-refractivity contribution is -0.139. The normalized spacial score (nSPS) is 14.9. The molecule has 0 radical (unpaired) electrons. The average Bonchev–Trinajstić information content (AvgIpc) is 3.23. The summed E-state index contributed by atoms with van der Waals surface area (Å²) < 4.78 is 12.8. The maximum atomic E-state index is 13.7. The minimum atomic E-state index is -0.646. The SMILES string of the molecule is CCOC(=O)C1=C(C)N=c2s/c(=C\c3ccc(OC(=O)c4cccc(C)c4)cc3)c(=O)n2[C@H]1c1ccccc1. The van der Waals surface area contributed by atoms with Gasteiger partial charge in [-0.25, -0.2) is 14.6 Å². The van der Waals surface area contributed by atoms with Crippen LogP contribution in [-0.2, 0) is 9.53 Å². The van der Waals surface area contributed by atoms with Gasteiger partial charge in [-0.15, -0.1) is 0 Å². The first kappa shape index (κ1) is 26.1. The Morgan fingerprint density at radius 1 is 0.974 bits per heavy atom. The van der Waals surface area contributed by atoms with Gasteiger partial charge in [0.2, 0.25) is 0 Å². The highest BCUT2D eigenvalue weighted by Crippen LogP contribution is 2.30. The molecule has 0 unspecified atom stereocenters. The highest BCUT2D eigenvalue weighted by atomic mass is 32.1. The summed E-state index contributed by atoms with van der Waals surface area (Å²) in [6, 6.07) is 22.9. The second-order valence-electron chi connectivity index (χ2n) is 9.04. The van der Waals surface area contributed by atoms with Gasteiger partial charge in [0.25, 0.3) is 5.56 Å². The van der Waals surface area contributed by atoms with E-state index in [1.54, 1.807) is 60.9 Å². The van der Waals surface area contributed by atoms with Crippen LogP contribution < -0.4 is 19.6 Å². The van der Waals surface area contributed by atoms with Crippen molar-refractivity contribution in [1.82, 2.24) is 4.57 Å². The van der Waals surface area contributed by atoms with Gasteiger partial charge in [0.15, 0.2) is 4.80 Å². The lowest BCUT2D eigenvalue weighted by atomic mass is 9.96. The summed E-state index contributed by atoms with van der Waals surface area (Å²) in [7, 11) is 0. The number of hydrogen-bond donors (Lipinski definition) is 0. The molecule has 8 heteroatoms. The number of benzene rings is 3. The fourth-order valence-corrected chi connectivity index (χ4v) is 5.51. The van der Waals surface area contributed by atoms with Gasteiger partial charge in [0, 0.05) is 0 Å². The molecule has 39 heavy (non-hydrogen) atoms. The fraction of sp³-hybridized carbons (Fsp3) is 0.161. The van der Waals surface area contributed by atoms with E-state index in [9.17, 15) is 14.4 Å². The monoisotopic (exact) mass is 538 g/mol. The predicted molar refractivity (Wildman–Crippen MR) is 149 cm³/mol. The quantitative estimate of drug-likeness (QED) is 0.270. The smallest absolute Gasteiger partial charge is 0.343 e.